The van der Waals surface area contributed by atoms with Crippen molar-refractivity contribution >= 4 is 28.4 Å². The van der Waals surface area contributed by atoms with Crippen LogP contribution in [-0.4, -0.2) is 102 Å². The third-order valence-electron chi connectivity index (χ3n) is 6.94. The van der Waals surface area contributed by atoms with E-state index in [2.05, 4.69) is 56.3 Å². The minimum absolute atomic E-state index is 0.0907. The number of aromatic nitrogens is 3. The van der Waals surface area contributed by atoms with Crippen LogP contribution in [0.25, 0.3) is 22.3 Å². The number of alkyl halides is 2. The first kappa shape index (κ1) is 25.2. The average molecular weight is 512 g/mol. The van der Waals surface area contributed by atoms with Gasteiger partial charge >= 0.3 is 6.43 Å². The summed E-state index contributed by atoms with van der Waals surface area (Å²) < 4.78 is 31.4. The van der Waals surface area contributed by atoms with Crippen LogP contribution in [0.4, 0.5) is 20.3 Å². The second-order valence-electron chi connectivity index (χ2n) is 9.21. The number of amides is 1. The number of piperazine rings is 1. The molecular weight excluding hydrogens is 480 g/mol. The number of fused-ring (bicyclic) bond motifs is 1. The lowest BCUT2D eigenvalue weighted by Gasteiger charge is -2.35. The highest BCUT2D eigenvalue weighted by Gasteiger charge is 2.29. The number of hydrogen-bond donors (Lipinski definition) is 1. The van der Waals surface area contributed by atoms with Crippen LogP contribution in [-0.2, 0) is 9.53 Å². The molecule has 37 heavy (non-hydrogen) atoms. The first-order chi connectivity index (χ1) is 18.0. The van der Waals surface area contributed by atoms with Crippen molar-refractivity contribution in [3.63, 3.8) is 0 Å². The Balaban J connectivity index is 1.32. The fourth-order valence-corrected chi connectivity index (χ4v) is 4.80. The van der Waals surface area contributed by atoms with Gasteiger partial charge in [0.2, 0.25) is 0 Å². The molecule has 5 rings (SSSR count). The maximum atomic E-state index is 12.9. The maximum Gasteiger partial charge on any atom is 0.315 e. The van der Waals surface area contributed by atoms with Crippen LogP contribution in [0.1, 0.15) is 6.92 Å². The minimum atomic E-state index is -3.02. The van der Waals surface area contributed by atoms with Gasteiger partial charge in [-0.05, 0) is 24.7 Å². The molecule has 0 unspecified atom stereocenters. The van der Waals surface area contributed by atoms with Gasteiger partial charge in [-0.2, -0.15) is 8.78 Å². The lowest BCUT2D eigenvalue weighted by molar-refractivity contribution is -0.149. The molecule has 2 aromatic heterocycles. The van der Waals surface area contributed by atoms with Gasteiger partial charge in [-0.15, -0.1) is 0 Å². The van der Waals surface area contributed by atoms with Crippen molar-refractivity contribution in [1.82, 2.24) is 24.8 Å². The Morgan fingerprint density at radius 1 is 1.11 bits per heavy atom. The van der Waals surface area contributed by atoms with E-state index in [1.54, 1.807) is 12.4 Å². The molecule has 2 aliphatic rings. The van der Waals surface area contributed by atoms with E-state index in [4.69, 9.17) is 9.72 Å². The summed E-state index contributed by atoms with van der Waals surface area (Å²) >= 11 is 0. The highest BCUT2D eigenvalue weighted by Crippen LogP contribution is 2.28. The quantitative estimate of drug-likeness (QED) is 0.518. The summed E-state index contributed by atoms with van der Waals surface area (Å²) in [7, 11) is 0. The molecule has 1 atom stereocenters. The fourth-order valence-electron chi connectivity index (χ4n) is 4.80. The summed E-state index contributed by atoms with van der Waals surface area (Å²) in [5, 5.41) is 3.25. The summed E-state index contributed by atoms with van der Waals surface area (Å²) in [4.78, 5) is 31.4. The van der Waals surface area contributed by atoms with Crippen molar-refractivity contribution in [1.29, 1.82) is 0 Å². The van der Waals surface area contributed by atoms with Gasteiger partial charge in [-0.1, -0.05) is 19.1 Å². The number of pyridine rings is 1. The molecule has 9 nitrogen and oxygen atoms in total. The predicted molar refractivity (Wildman–Crippen MR) is 138 cm³/mol. The van der Waals surface area contributed by atoms with Gasteiger partial charge in [0.25, 0.3) is 5.91 Å². The van der Waals surface area contributed by atoms with Gasteiger partial charge < -0.3 is 24.8 Å². The van der Waals surface area contributed by atoms with E-state index < -0.39 is 18.4 Å². The Morgan fingerprint density at radius 3 is 2.59 bits per heavy atom. The van der Waals surface area contributed by atoms with Crippen molar-refractivity contribution in [2.45, 2.75) is 19.5 Å². The molecule has 196 valence electrons. The van der Waals surface area contributed by atoms with Crippen LogP contribution in [0, 0.1) is 0 Å². The number of carbonyl (C=O) groups is 1. The van der Waals surface area contributed by atoms with Crippen LogP contribution in [0.5, 0.6) is 0 Å². The first-order valence-electron chi connectivity index (χ1n) is 12.6. The second kappa shape index (κ2) is 11.3. The zero-order valence-electron chi connectivity index (χ0n) is 20.8. The molecule has 0 radical (unpaired) electrons. The molecule has 0 bridgehead atoms. The van der Waals surface area contributed by atoms with E-state index in [0.29, 0.717) is 16.9 Å². The number of carbonyl (C=O) groups excluding carboxylic acids is 1. The average Bonchev–Trinajstić information content (AvgIpc) is 2.95. The smallest absolute Gasteiger partial charge is 0.315 e. The third kappa shape index (κ3) is 5.78. The number of hydrogen-bond acceptors (Lipinski definition) is 8. The number of rotatable bonds is 7. The Kier molecular flexibility index (Phi) is 7.71. The SMILES string of the molecule is CCN1CCN(c2ccc(-c3cc4nccnc4c(NC[C@@H]4CN(C(=O)C(F)F)CCO4)n3)cc2)CC1. The number of nitrogens with zero attached hydrogens (tertiary/aromatic N) is 6. The number of benzene rings is 1. The Morgan fingerprint density at radius 2 is 1.86 bits per heavy atom. The van der Waals surface area contributed by atoms with E-state index in [0.717, 1.165) is 48.9 Å². The van der Waals surface area contributed by atoms with Crippen LogP contribution in [0.2, 0.25) is 0 Å². The van der Waals surface area contributed by atoms with Crippen molar-refractivity contribution in [2.24, 2.45) is 0 Å². The van der Waals surface area contributed by atoms with Gasteiger partial charge in [-0.3, -0.25) is 9.78 Å². The van der Waals surface area contributed by atoms with Gasteiger partial charge in [0, 0.05) is 69.5 Å². The zero-order chi connectivity index (χ0) is 25.8. The predicted octanol–water partition coefficient (Wildman–Crippen LogP) is 2.74. The molecule has 1 N–H and O–H groups in total. The minimum Gasteiger partial charge on any atom is -0.373 e. The number of likely N-dealkylation sites (N-methyl/N-ethyl adjacent to an activating group) is 1. The summed E-state index contributed by atoms with van der Waals surface area (Å²) in [6.07, 6.45) is -0.229. The molecule has 0 aliphatic carbocycles. The molecule has 3 aromatic rings. The Bertz CT molecular complexity index is 1220. The summed E-state index contributed by atoms with van der Waals surface area (Å²) in [5.41, 5.74) is 4.18. The molecule has 1 aromatic carbocycles. The third-order valence-corrected chi connectivity index (χ3v) is 6.94. The number of halogens is 2. The van der Waals surface area contributed by atoms with E-state index in [1.165, 1.54) is 5.69 Å². The lowest BCUT2D eigenvalue weighted by atomic mass is 10.1. The molecule has 0 saturated carbocycles. The topological polar surface area (TPSA) is 86.7 Å². The Hall–Kier alpha value is -3.44. The molecule has 11 heteroatoms. The zero-order valence-corrected chi connectivity index (χ0v) is 20.8. The summed E-state index contributed by atoms with van der Waals surface area (Å²) in [5.74, 6) is -0.637. The molecular formula is C26H31F2N7O2. The van der Waals surface area contributed by atoms with E-state index in [-0.39, 0.29) is 26.2 Å². The van der Waals surface area contributed by atoms with E-state index >= 15 is 0 Å². The molecule has 2 fully saturated rings. The molecule has 1 amide bonds. The van der Waals surface area contributed by atoms with Crippen LogP contribution in [0.3, 0.4) is 0 Å². The number of nitrogens with one attached hydrogen (secondary N) is 1. The largest absolute Gasteiger partial charge is 0.373 e. The van der Waals surface area contributed by atoms with E-state index in [1.807, 2.05) is 6.07 Å². The van der Waals surface area contributed by atoms with Crippen molar-refractivity contribution in [3.8, 4) is 11.3 Å². The summed E-state index contributed by atoms with van der Waals surface area (Å²) in [6, 6.07) is 10.3. The molecule has 0 spiro atoms. The lowest BCUT2D eigenvalue weighted by Crippen LogP contribution is -2.49. The van der Waals surface area contributed by atoms with Crippen LogP contribution in [0.15, 0.2) is 42.7 Å². The van der Waals surface area contributed by atoms with E-state index in [9.17, 15) is 13.6 Å². The Labute approximate surface area is 214 Å². The van der Waals surface area contributed by atoms with Crippen LogP contribution >= 0.6 is 0 Å². The second-order valence-corrected chi connectivity index (χ2v) is 9.21. The first-order valence-corrected chi connectivity index (χ1v) is 12.6. The van der Waals surface area contributed by atoms with Gasteiger partial charge in [0.15, 0.2) is 5.82 Å². The molecule has 2 saturated heterocycles. The van der Waals surface area contributed by atoms with Gasteiger partial charge in [0.1, 0.15) is 5.52 Å². The standard InChI is InChI=1S/C26H31F2N7O2/c1-2-33-9-11-34(12-10-33)19-5-3-18(4-6-19)21-15-22-23(30-8-7-29-22)25(32-21)31-16-20-17-35(13-14-37-20)26(36)24(27)28/h3-8,15,20,24H,2,9-14,16-17H2,1H3,(H,31,32)/t20-/m1/s1. The van der Waals surface area contributed by atoms with Crippen molar-refractivity contribution in [3.05, 3.63) is 42.7 Å². The fraction of sp³-hybridized carbons (Fsp3) is 0.462. The monoisotopic (exact) mass is 511 g/mol. The van der Waals surface area contributed by atoms with Crippen molar-refractivity contribution < 1.29 is 18.3 Å². The normalized spacial score (nSPS) is 19.0. The highest BCUT2D eigenvalue weighted by molar-refractivity contribution is 5.88. The van der Waals surface area contributed by atoms with Crippen LogP contribution < -0.4 is 10.2 Å². The molecule has 4 heterocycles. The summed E-state index contributed by atoms with van der Waals surface area (Å²) in [6.45, 7) is 8.17. The molecule has 2 aliphatic heterocycles. The maximum absolute atomic E-state index is 12.9. The number of morpholine rings is 1. The van der Waals surface area contributed by atoms with Gasteiger partial charge in [-0.25, -0.2) is 9.97 Å². The number of anilines is 2. The number of ether oxygens (including phenoxy) is 1. The highest BCUT2D eigenvalue weighted by atomic mass is 19.3. The van der Waals surface area contributed by atoms with Crippen molar-refractivity contribution in [2.75, 3.05) is 69.2 Å². The van der Waals surface area contributed by atoms with Gasteiger partial charge in [0.05, 0.1) is 23.9 Å².